The minimum absolute atomic E-state index is 0.228. The zero-order valence-electron chi connectivity index (χ0n) is 12.1. The van der Waals surface area contributed by atoms with E-state index in [1.54, 1.807) is 60.9 Å². The van der Waals surface area contributed by atoms with E-state index >= 15 is 0 Å². The van der Waals surface area contributed by atoms with E-state index in [4.69, 9.17) is 16.3 Å². The molecule has 2 aromatic carbocycles. The Morgan fingerprint density at radius 3 is 2.52 bits per heavy atom. The van der Waals surface area contributed by atoms with Crippen LogP contribution >= 0.6 is 11.6 Å². The van der Waals surface area contributed by atoms with Gasteiger partial charge in [-0.25, -0.2) is 0 Å². The van der Waals surface area contributed by atoms with Crippen molar-refractivity contribution in [2.24, 2.45) is 0 Å². The molecule has 23 heavy (non-hydrogen) atoms. The number of amides is 1. The number of aromatic nitrogens is 1. The molecule has 0 saturated heterocycles. The highest BCUT2D eigenvalue weighted by Gasteiger charge is 2.07. The van der Waals surface area contributed by atoms with Gasteiger partial charge in [-0.2, -0.15) is 0 Å². The number of hydrogen-bond acceptors (Lipinski definition) is 3. The maximum atomic E-state index is 12.2. The first-order chi connectivity index (χ1) is 11.2. The summed E-state index contributed by atoms with van der Waals surface area (Å²) in [5, 5.41) is 3.34. The van der Waals surface area contributed by atoms with Crippen LogP contribution in [0.25, 0.3) is 0 Å². The molecule has 114 valence electrons. The van der Waals surface area contributed by atoms with Crippen LogP contribution in [-0.2, 0) is 0 Å². The molecule has 0 aliphatic heterocycles. The first-order valence-electron chi connectivity index (χ1n) is 6.95. The number of benzene rings is 2. The van der Waals surface area contributed by atoms with E-state index < -0.39 is 0 Å². The lowest BCUT2D eigenvalue weighted by atomic mass is 10.2. The largest absolute Gasteiger partial charge is 0.457 e. The van der Waals surface area contributed by atoms with Crippen LogP contribution in [0.15, 0.2) is 73.1 Å². The van der Waals surface area contributed by atoms with E-state index in [0.717, 1.165) is 0 Å². The Morgan fingerprint density at radius 2 is 1.74 bits per heavy atom. The number of nitrogens with zero attached hydrogens (tertiary/aromatic N) is 1. The summed E-state index contributed by atoms with van der Waals surface area (Å²) < 4.78 is 5.71. The van der Waals surface area contributed by atoms with E-state index in [9.17, 15) is 4.79 Å². The normalized spacial score (nSPS) is 10.1. The number of ether oxygens (including phenoxy) is 1. The van der Waals surface area contributed by atoms with Crippen LogP contribution < -0.4 is 10.1 Å². The number of halogens is 1. The number of hydrogen-bond donors (Lipinski definition) is 1. The summed E-state index contributed by atoms with van der Waals surface area (Å²) in [6, 6.07) is 17.5. The van der Waals surface area contributed by atoms with Crippen LogP contribution in [0.3, 0.4) is 0 Å². The van der Waals surface area contributed by atoms with E-state index in [1.165, 1.54) is 0 Å². The Hall–Kier alpha value is -2.85. The summed E-state index contributed by atoms with van der Waals surface area (Å²) in [5.41, 5.74) is 1.14. The molecule has 0 saturated carbocycles. The molecule has 3 rings (SSSR count). The van der Waals surface area contributed by atoms with Crippen molar-refractivity contribution in [3.8, 4) is 11.5 Å². The van der Waals surface area contributed by atoms with Gasteiger partial charge in [0.1, 0.15) is 11.5 Å². The zero-order chi connectivity index (χ0) is 16.1. The van der Waals surface area contributed by atoms with Gasteiger partial charge in [0, 0.05) is 34.7 Å². The molecule has 0 atom stereocenters. The van der Waals surface area contributed by atoms with Crippen LogP contribution in [0.4, 0.5) is 5.69 Å². The first-order valence-corrected chi connectivity index (χ1v) is 7.33. The fourth-order valence-corrected chi connectivity index (χ4v) is 2.20. The Kier molecular flexibility index (Phi) is 4.54. The van der Waals surface area contributed by atoms with Crippen LogP contribution in [0.1, 0.15) is 10.4 Å². The van der Waals surface area contributed by atoms with Gasteiger partial charge in [0.25, 0.3) is 5.91 Å². The van der Waals surface area contributed by atoms with Crippen molar-refractivity contribution in [1.82, 2.24) is 4.98 Å². The van der Waals surface area contributed by atoms with Crippen molar-refractivity contribution in [1.29, 1.82) is 0 Å². The van der Waals surface area contributed by atoms with E-state index in [-0.39, 0.29) is 5.91 Å². The molecule has 4 nitrogen and oxygen atoms in total. The molecule has 0 radical (unpaired) electrons. The lowest BCUT2D eigenvalue weighted by Crippen LogP contribution is -2.11. The molecule has 0 aliphatic rings. The van der Waals surface area contributed by atoms with Crippen molar-refractivity contribution in [3.63, 3.8) is 0 Å². The van der Waals surface area contributed by atoms with Gasteiger partial charge >= 0.3 is 0 Å². The smallest absolute Gasteiger partial charge is 0.255 e. The molecule has 0 bridgehead atoms. The van der Waals surface area contributed by atoms with Crippen LogP contribution in [0.5, 0.6) is 11.5 Å². The Balaban J connectivity index is 1.74. The van der Waals surface area contributed by atoms with Crippen molar-refractivity contribution < 1.29 is 9.53 Å². The first kappa shape index (κ1) is 15.1. The Morgan fingerprint density at radius 1 is 0.957 bits per heavy atom. The number of nitrogens with one attached hydrogen (secondary N) is 1. The predicted molar refractivity (Wildman–Crippen MR) is 90.2 cm³/mol. The van der Waals surface area contributed by atoms with Crippen molar-refractivity contribution in [2.45, 2.75) is 0 Å². The second kappa shape index (κ2) is 6.94. The second-order valence-electron chi connectivity index (χ2n) is 4.78. The monoisotopic (exact) mass is 324 g/mol. The van der Waals surface area contributed by atoms with Gasteiger partial charge in [0.05, 0.1) is 0 Å². The quantitative estimate of drug-likeness (QED) is 0.751. The highest BCUT2D eigenvalue weighted by atomic mass is 35.5. The number of rotatable bonds is 4. The van der Waals surface area contributed by atoms with Crippen LogP contribution in [-0.4, -0.2) is 10.9 Å². The fourth-order valence-electron chi connectivity index (χ4n) is 2.01. The lowest BCUT2D eigenvalue weighted by Gasteiger charge is -2.09. The lowest BCUT2D eigenvalue weighted by molar-refractivity contribution is 0.102. The third kappa shape index (κ3) is 4.08. The molecule has 0 spiro atoms. The highest BCUT2D eigenvalue weighted by Crippen LogP contribution is 2.24. The topological polar surface area (TPSA) is 51.2 Å². The Bertz CT molecular complexity index is 822. The SMILES string of the molecule is O=C(Nc1cccc(Oc2ccncc2)c1)c1cccc(Cl)c1. The molecule has 0 fully saturated rings. The van der Waals surface area contributed by atoms with Gasteiger partial charge in [-0.15, -0.1) is 0 Å². The second-order valence-corrected chi connectivity index (χ2v) is 5.21. The van der Waals surface area contributed by atoms with Gasteiger partial charge < -0.3 is 10.1 Å². The summed E-state index contributed by atoms with van der Waals surface area (Å²) in [4.78, 5) is 16.2. The van der Waals surface area contributed by atoms with Gasteiger partial charge in [-0.05, 0) is 42.5 Å². The van der Waals surface area contributed by atoms with Gasteiger partial charge in [-0.3, -0.25) is 9.78 Å². The Labute approximate surface area is 138 Å². The van der Waals surface area contributed by atoms with Crippen LogP contribution in [0.2, 0.25) is 5.02 Å². The zero-order valence-corrected chi connectivity index (χ0v) is 12.8. The van der Waals surface area contributed by atoms with Gasteiger partial charge in [0.2, 0.25) is 0 Å². The maximum Gasteiger partial charge on any atom is 0.255 e. The maximum absolute atomic E-state index is 12.2. The summed E-state index contributed by atoms with van der Waals surface area (Å²) in [6.07, 6.45) is 3.31. The summed E-state index contributed by atoms with van der Waals surface area (Å²) in [6.45, 7) is 0. The fraction of sp³-hybridized carbons (Fsp3) is 0. The molecular weight excluding hydrogens is 312 g/mol. The van der Waals surface area contributed by atoms with Gasteiger partial charge in [-0.1, -0.05) is 23.7 Å². The molecule has 3 aromatic rings. The van der Waals surface area contributed by atoms with Crippen LogP contribution in [0, 0.1) is 0 Å². The van der Waals surface area contributed by atoms with E-state index in [2.05, 4.69) is 10.3 Å². The highest BCUT2D eigenvalue weighted by molar-refractivity contribution is 6.31. The number of carbonyl (C=O) groups is 1. The van der Waals surface area contributed by atoms with Crippen molar-refractivity contribution >= 4 is 23.2 Å². The predicted octanol–water partition coefficient (Wildman–Crippen LogP) is 4.78. The molecule has 1 amide bonds. The third-order valence-corrected chi connectivity index (χ3v) is 3.30. The molecule has 1 N–H and O–H groups in total. The third-order valence-electron chi connectivity index (χ3n) is 3.06. The number of carbonyl (C=O) groups excluding carboxylic acids is 1. The standard InChI is InChI=1S/C18H13ClN2O2/c19-14-4-1-3-13(11-14)18(22)21-15-5-2-6-17(12-15)23-16-7-9-20-10-8-16/h1-12H,(H,21,22). The minimum atomic E-state index is -0.228. The molecule has 0 aliphatic carbocycles. The summed E-state index contributed by atoms with van der Waals surface area (Å²) in [7, 11) is 0. The molecule has 1 heterocycles. The number of pyridine rings is 1. The molecular formula is C18H13ClN2O2. The van der Waals surface area contributed by atoms with E-state index in [0.29, 0.717) is 27.8 Å². The number of anilines is 1. The van der Waals surface area contributed by atoms with Crippen molar-refractivity contribution in [2.75, 3.05) is 5.32 Å². The molecule has 1 aromatic heterocycles. The molecule has 5 heteroatoms. The van der Waals surface area contributed by atoms with Gasteiger partial charge in [0.15, 0.2) is 0 Å². The summed E-state index contributed by atoms with van der Waals surface area (Å²) in [5.74, 6) is 1.08. The minimum Gasteiger partial charge on any atom is -0.457 e. The van der Waals surface area contributed by atoms with Crippen molar-refractivity contribution in [3.05, 3.63) is 83.6 Å². The average Bonchev–Trinajstić information content (AvgIpc) is 2.56. The van der Waals surface area contributed by atoms with E-state index in [1.807, 2.05) is 12.1 Å². The average molecular weight is 325 g/mol. The molecule has 0 unspecified atom stereocenters. The summed E-state index contributed by atoms with van der Waals surface area (Å²) >= 11 is 5.90.